The van der Waals surface area contributed by atoms with Gasteiger partial charge in [0, 0.05) is 11.6 Å². The fourth-order valence-corrected chi connectivity index (χ4v) is 3.61. The van der Waals surface area contributed by atoms with Crippen LogP contribution in [0.25, 0.3) is 17.0 Å². The SMILES string of the molecule is Cc1ccc(OC(=O)CSc2nc(-c3ccccc3)nc3cc(=O)[nH]n23)c(C)c1. The summed E-state index contributed by atoms with van der Waals surface area (Å²) in [5.74, 6) is 0.654. The van der Waals surface area contributed by atoms with Gasteiger partial charge in [0.15, 0.2) is 16.6 Å². The number of fused-ring (bicyclic) bond motifs is 1. The first-order valence-electron chi connectivity index (χ1n) is 8.95. The van der Waals surface area contributed by atoms with Crippen LogP contribution in [0.4, 0.5) is 0 Å². The van der Waals surface area contributed by atoms with Gasteiger partial charge in [-0.15, -0.1) is 0 Å². The largest absolute Gasteiger partial charge is 0.426 e. The average molecular weight is 406 g/mol. The van der Waals surface area contributed by atoms with Crippen molar-refractivity contribution in [2.24, 2.45) is 0 Å². The van der Waals surface area contributed by atoms with Crippen LogP contribution >= 0.6 is 11.8 Å². The molecule has 0 saturated carbocycles. The van der Waals surface area contributed by atoms with E-state index in [1.54, 1.807) is 6.07 Å². The van der Waals surface area contributed by atoms with Crippen molar-refractivity contribution in [2.75, 3.05) is 5.75 Å². The monoisotopic (exact) mass is 406 g/mol. The molecule has 0 aliphatic rings. The van der Waals surface area contributed by atoms with Crippen LogP contribution in [0.15, 0.2) is 64.5 Å². The van der Waals surface area contributed by atoms with Crippen LogP contribution in [0.3, 0.4) is 0 Å². The van der Waals surface area contributed by atoms with Crippen LogP contribution in [0.5, 0.6) is 5.75 Å². The summed E-state index contributed by atoms with van der Waals surface area (Å²) in [6.45, 7) is 3.88. The third kappa shape index (κ3) is 4.22. The van der Waals surface area contributed by atoms with E-state index < -0.39 is 5.97 Å². The van der Waals surface area contributed by atoms with Crippen molar-refractivity contribution in [1.29, 1.82) is 0 Å². The third-order valence-corrected chi connectivity index (χ3v) is 5.14. The minimum absolute atomic E-state index is 0.0356. The Kier molecular flexibility index (Phi) is 5.18. The maximum atomic E-state index is 12.4. The number of H-pyrrole nitrogens is 1. The van der Waals surface area contributed by atoms with Crippen LogP contribution < -0.4 is 10.3 Å². The Balaban J connectivity index is 1.58. The predicted molar refractivity (Wildman–Crippen MR) is 111 cm³/mol. The molecule has 0 aliphatic heterocycles. The molecule has 4 aromatic rings. The van der Waals surface area contributed by atoms with E-state index in [0.717, 1.165) is 16.7 Å². The quantitative estimate of drug-likeness (QED) is 0.310. The second kappa shape index (κ2) is 7.92. The zero-order valence-electron chi connectivity index (χ0n) is 15.9. The molecule has 4 rings (SSSR count). The van der Waals surface area contributed by atoms with Gasteiger partial charge in [-0.1, -0.05) is 59.8 Å². The number of nitrogens with one attached hydrogen (secondary N) is 1. The number of hydrogen-bond donors (Lipinski definition) is 1. The Morgan fingerprint density at radius 2 is 1.90 bits per heavy atom. The maximum absolute atomic E-state index is 12.4. The minimum Gasteiger partial charge on any atom is -0.426 e. The van der Waals surface area contributed by atoms with Gasteiger partial charge in [0.05, 0.1) is 5.75 Å². The Morgan fingerprint density at radius 1 is 1.10 bits per heavy atom. The third-order valence-electron chi connectivity index (χ3n) is 4.23. The Morgan fingerprint density at radius 3 is 2.66 bits per heavy atom. The fraction of sp³-hybridized carbons (Fsp3) is 0.143. The van der Waals surface area contributed by atoms with E-state index in [-0.39, 0.29) is 11.3 Å². The highest BCUT2D eigenvalue weighted by Crippen LogP contribution is 2.23. The lowest BCUT2D eigenvalue weighted by molar-refractivity contribution is -0.131. The predicted octanol–water partition coefficient (Wildman–Crippen LogP) is 3.40. The lowest BCUT2D eigenvalue weighted by atomic mass is 10.1. The number of benzene rings is 2. The van der Waals surface area contributed by atoms with E-state index in [9.17, 15) is 9.59 Å². The van der Waals surface area contributed by atoms with Gasteiger partial charge >= 0.3 is 5.97 Å². The number of aryl methyl sites for hydroxylation is 2. The molecule has 2 heterocycles. The van der Waals surface area contributed by atoms with Crippen molar-refractivity contribution < 1.29 is 9.53 Å². The Hall–Kier alpha value is -3.39. The fourth-order valence-electron chi connectivity index (χ4n) is 2.89. The number of aromatic amines is 1. The molecule has 146 valence electrons. The van der Waals surface area contributed by atoms with Crippen molar-refractivity contribution in [2.45, 2.75) is 19.0 Å². The minimum atomic E-state index is -0.399. The summed E-state index contributed by atoms with van der Waals surface area (Å²) in [4.78, 5) is 33.1. The molecule has 2 aromatic heterocycles. The Bertz CT molecular complexity index is 1250. The zero-order chi connectivity index (χ0) is 20.4. The van der Waals surface area contributed by atoms with Gasteiger partial charge in [-0.25, -0.2) is 14.5 Å². The molecule has 0 radical (unpaired) electrons. The van der Waals surface area contributed by atoms with Gasteiger partial charge in [-0.3, -0.25) is 14.7 Å². The average Bonchev–Trinajstić information content (AvgIpc) is 3.09. The van der Waals surface area contributed by atoms with Gasteiger partial charge in [0.1, 0.15) is 5.75 Å². The smallest absolute Gasteiger partial charge is 0.321 e. The number of thioether (sulfide) groups is 1. The summed E-state index contributed by atoms with van der Waals surface area (Å²) in [5.41, 5.74) is 2.97. The van der Waals surface area contributed by atoms with Crippen molar-refractivity contribution in [3.05, 3.63) is 76.1 Å². The number of esters is 1. The van der Waals surface area contributed by atoms with Gasteiger partial charge in [-0.2, -0.15) is 0 Å². The molecule has 0 aliphatic carbocycles. The van der Waals surface area contributed by atoms with Crippen molar-refractivity contribution in [1.82, 2.24) is 19.6 Å². The molecule has 29 heavy (non-hydrogen) atoms. The topological polar surface area (TPSA) is 89.3 Å². The van der Waals surface area contributed by atoms with Crippen molar-refractivity contribution in [3.8, 4) is 17.1 Å². The van der Waals surface area contributed by atoms with Crippen molar-refractivity contribution >= 4 is 23.4 Å². The first kappa shape index (κ1) is 18.9. The summed E-state index contributed by atoms with van der Waals surface area (Å²) >= 11 is 1.18. The van der Waals surface area contributed by atoms with Gasteiger partial charge in [0.25, 0.3) is 5.56 Å². The molecule has 0 spiro atoms. The van der Waals surface area contributed by atoms with E-state index in [4.69, 9.17) is 4.74 Å². The molecule has 0 saturated heterocycles. The van der Waals surface area contributed by atoms with Gasteiger partial charge < -0.3 is 4.74 Å². The maximum Gasteiger partial charge on any atom is 0.321 e. The first-order valence-corrected chi connectivity index (χ1v) is 9.94. The second-order valence-electron chi connectivity index (χ2n) is 6.54. The van der Waals surface area contributed by atoms with E-state index >= 15 is 0 Å². The molecule has 0 atom stereocenters. The molecule has 0 unspecified atom stereocenters. The summed E-state index contributed by atoms with van der Waals surface area (Å²) in [6, 6.07) is 16.5. The number of hydrogen-bond acceptors (Lipinski definition) is 6. The van der Waals surface area contributed by atoms with Crippen LogP contribution in [0.1, 0.15) is 11.1 Å². The van der Waals surface area contributed by atoms with Crippen LogP contribution in [-0.2, 0) is 4.79 Å². The molecule has 2 aromatic carbocycles. The molecule has 0 fully saturated rings. The molecular formula is C21H18N4O3S. The molecule has 0 amide bonds. The lowest BCUT2D eigenvalue weighted by Crippen LogP contribution is -2.13. The summed E-state index contributed by atoms with van der Waals surface area (Å²) in [6.07, 6.45) is 0. The first-order chi connectivity index (χ1) is 14.0. The number of ether oxygens (including phenoxy) is 1. The highest BCUT2D eigenvalue weighted by atomic mass is 32.2. The molecule has 8 heteroatoms. The van der Waals surface area contributed by atoms with Crippen LogP contribution in [-0.4, -0.2) is 31.3 Å². The number of carbonyl (C=O) groups excluding carboxylic acids is 1. The Labute approximate surface area is 170 Å². The molecule has 1 N–H and O–H groups in total. The number of nitrogens with zero attached hydrogens (tertiary/aromatic N) is 3. The van der Waals surface area contributed by atoms with E-state index in [0.29, 0.717) is 22.4 Å². The number of aromatic nitrogens is 4. The van der Waals surface area contributed by atoms with Crippen LogP contribution in [0, 0.1) is 13.8 Å². The highest BCUT2D eigenvalue weighted by Gasteiger charge is 2.14. The number of carbonyl (C=O) groups is 1. The summed E-state index contributed by atoms with van der Waals surface area (Å²) < 4.78 is 6.95. The van der Waals surface area contributed by atoms with E-state index in [2.05, 4.69) is 15.1 Å². The summed E-state index contributed by atoms with van der Waals surface area (Å²) in [7, 11) is 0. The van der Waals surface area contributed by atoms with Gasteiger partial charge in [-0.05, 0) is 25.5 Å². The molecule has 0 bridgehead atoms. The van der Waals surface area contributed by atoms with E-state index in [1.165, 1.54) is 22.3 Å². The lowest BCUT2D eigenvalue weighted by Gasteiger charge is -2.09. The summed E-state index contributed by atoms with van der Waals surface area (Å²) in [5, 5.41) is 3.11. The van der Waals surface area contributed by atoms with Gasteiger partial charge in [0.2, 0.25) is 0 Å². The van der Waals surface area contributed by atoms with E-state index in [1.807, 2.05) is 56.3 Å². The highest BCUT2D eigenvalue weighted by molar-refractivity contribution is 7.99. The standard InChI is InChI=1S/C21H18N4O3S/c1-13-8-9-16(14(2)10-13)28-19(27)12-29-21-23-20(15-6-4-3-5-7-15)22-17-11-18(26)24-25(17)21/h3-11H,12H2,1-2H3,(H,24,26). The normalized spacial score (nSPS) is 11.0. The van der Waals surface area contributed by atoms with Crippen LogP contribution in [0.2, 0.25) is 0 Å². The number of rotatable bonds is 5. The van der Waals surface area contributed by atoms with Crippen molar-refractivity contribution in [3.63, 3.8) is 0 Å². The zero-order valence-corrected chi connectivity index (χ0v) is 16.7. The molecular weight excluding hydrogens is 388 g/mol. The second-order valence-corrected chi connectivity index (χ2v) is 7.48. The molecule has 7 nitrogen and oxygen atoms in total.